The van der Waals surface area contributed by atoms with Crippen LogP contribution in [0, 0.1) is 0 Å². The number of amidine groups is 1. The predicted molar refractivity (Wildman–Crippen MR) is 113 cm³/mol. The molecule has 0 unspecified atom stereocenters. The van der Waals surface area contributed by atoms with Crippen LogP contribution < -0.4 is 5.32 Å². The molecule has 4 rings (SSSR count). The predicted octanol–water partition coefficient (Wildman–Crippen LogP) is 5.49. The summed E-state index contributed by atoms with van der Waals surface area (Å²) in [7, 11) is 0. The van der Waals surface area contributed by atoms with Crippen LogP contribution >= 0.6 is 35.0 Å². The van der Waals surface area contributed by atoms with Crippen LogP contribution in [0.1, 0.15) is 24.9 Å². The van der Waals surface area contributed by atoms with Crippen LogP contribution in [0.5, 0.6) is 0 Å². The number of nitrogens with zero attached hydrogens (tertiary/aromatic N) is 3. The zero-order chi connectivity index (χ0) is 19.0. The molecule has 5 nitrogen and oxygen atoms in total. The van der Waals surface area contributed by atoms with E-state index in [0.29, 0.717) is 20.9 Å². The van der Waals surface area contributed by atoms with Gasteiger partial charge in [0.15, 0.2) is 5.17 Å². The second-order valence-electron chi connectivity index (χ2n) is 6.22. The molecule has 8 heteroatoms. The van der Waals surface area contributed by atoms with Crippen molar-refractivity contribution in [3.63, 3.8) is 0 Å². The molecule has 0 spiro atoms. The van der Waals surface area contributed by atoms with Crippen LogP contribution in [0.15, 0.2) is 52.6 Å². The van der Waals surface area contributed by atoms with Gasteiger partial charge in [-0.3, -0.25) is 4.79 Å². The van der Waals surface area contributed by atoms with Crippen LogP contribution in [0.3, 0.4) is 0 Å². The average Bonchev–Trinajstić information content (AvgIpc) is 3.15. The molecular formula is C19H16Cl2N4OS. The smallest absolute Gasteiger partial charge is 0.237 e. The normalized spacial score (nSPS) is 18.6. The van der Waals surface area contributed by atoms with E-state index in [1.807, 2.05) is 36.3 Å². The number of hydrogen-bond donors (Lipinski definition) is 1. The third-order valence-corrected chi connectivity index (χ3v) is 6.00. The summed E-state index contributed by atoms with van der Waals surface area (Å²) >= 11 is 13.5. The Balaban J connectivity index is 1.53. The lowest BCUT2D eigenvalue weighted by Gasteiger charge is -2.30. The number of hydrogen-bond acceptors (Lipinski definition) is 5. The Hall–Kier alpha value is -2.02. The van der Waals surface area contributed by atoms with E-state index in [1.54, 1.807) is 18.2 Å². The first-order valence-corrected chi connectivity index (χ1v) is 10.1. The minimum atomic E-state index is -0.388. The number of nitrogens with one attached hydrogen (secondary N) is 1. The van der Waals surface area contributed by atoms with Crippen molar-refractivity contribution in [2.45, 2.75) is 24.6 Å². The Bertz CT molecular complexity index is 962. The summed E-state index contributed by atoms with van der Waals surface area (Å²) in [5, 5.41) is 10.5. The van der Waals surface area contributed by atoms with Crippen molar-refractivity contribution in [3.8, 4) is 0 Å². The van der Waals surface area contributed by atoms with E-state index >= 15 is 0 Å². The zero-order valence-electron chi connectivity index (χ0n) is 14.4. The summed E-state index contributed by atoms with van der Waals surface area (Å²) in [5.74, 6) is -0.176. The number of para-hydroxylation sites is 1. The standard InChI is InChI=1S/C19H16Cl2N4OS/c1-11(18(26)23-16-10-12(20)6-7-14(16)21)27-19-24-15-5-3-2-4-13(15)17-8-9-22-25(17)19/h2-7,9-11,17H,8H2,1H3,(H,23,26)/t11-,17-/m0/s1. The number of hydrazone groups is 1. The van der Waals surface area contributed by atoms with Crippen LogP contribution in [-0.2, 0) is 4.79 Å². The molecule has 2 aliphatic heterocycles. The molecule has 0 saturated carbocycles. The van der Waals surface area contributed by atoms with Gasteiger partial charge in [0.25, 0.3) is 0 Å². The van der Waals surface area contributed by atoms with Crippen molar-refractivity contribution in [2.75, 3.05) is 5.32 Å². The van der Waals surface area contributed by atoms with E-state index < -0.39 is 0 Å². The van der Waals surface area contributed by atoms with E-state index in [9.17, 15) is 4.79 Å². The van der Waals surface area contributed by atoms with Crippen molar-refractivity contribution in [2.24, 2.45) is 10.1 Å². The van der Waals surface area contributed by atoms with E-state index in [2.05, 4.69) is 16.5 Å². The maximum absolute atomic E-state index is 12.6. The molecule has 2 aliphatic rings. The number of anilines is 1. The summed E-state index contributed by atoms with van der Waals surface area (Å²) in [5.41, 5.74) is 2.58. The first-order valence-electron chi connectivity index (χ1n) is 8.45. The lowest BCUT2D eigenvalue weighted by Crippen LogP contribution is -2.32. The van der Waals surface area contributed by atoms with Crippen molar-refractivity contribution >= 4 is 63.6 Å². The second kappa shape index (κ2) is 7.54. The molecule has 2 aromatic carbocycles. The highest BCUT2D eigenvalue weighted by molar-refractivity contribution is 8.14. The van der Waals surface area contributed by atoms with Gasteiger partial charge < -0.3 is 5.32 Å². The Kier molecular flexibility index (Phi) is 5.12. The zero-order valence-corrected chi connectivity index (χ0v) is 16.7. The molecule has 2 aromatic rings. The molecule has 0 aromatic heterocycles. The first kappa shape index (κ1) is 18.3. The van der Waals surface area contributed by atoms with Crippen molar-refractivity contribution in [1.29, 1.82) is 0 Å². The third kappa shape index (κ3) is 3.70. The number of benzene rings is 2. The fourth-order valence-electron chi connectivity index (χ4n) is 3.00. The van der Waals surface area contributed by atoms with Gasteiger partial charge in [0, 0.05) is 23.2 Å². The SMILES string of the molecule is C[C@H](SC1=Nc2ccccc2[C@@H]2CC=NN12)C(=O)Nc1cc(Cl)ccc1Cl. The van der Waals surface area contributed by atoms with Gasteiger partial charge in [0.05, 0.1) is 27.7 Å². The van der Waals surface area contributed by atoms with E-state index in [0.717, 1.165) is 17.7 Å². The number of aliphatic imine (C=N–C) groups is 1. The number of amides is 1. The maximum Gasteiger partial charge on any atom is 0.237 e. The van der Waals surface area contributed by atoms with Gasteiger partial charge in [-0.25, -0.2) is 10.0 Å². The highest BCUT2D eigenvalue weighted by Crippen LogP contribution is 2.41. The van der Waals surface area contributed by atoms with Crippen LogP contribution in [0.4, 0.5) is 11.4 Å². The Morgan fingerprint density at radius 1 is 1.30 bits per heavy atom. The maximum atomic E-state index is 12.6. The Labute approximate surface area is 171 Å². The molecule has 0 radical (unpaired) electrons. The molecule has 1 amide bonds. The number of halogens is 2. The minimum Gasteiger partial charge on any atom is -0.324 e. The Morgan fingerprint density at radius 3 is 2.96 bits per heavy atom. The summed E-state index contributed by atoms with van der Waals surface area (Å²) in [4.78, 5) is 17.4. The average molecular weight is 419 g/mol. The van der Waals surface area contributed by atoms with E-state index in [-0.39, 0.29) is 17.2 Å². The number of fused-ring (bicyclic) bond motifs is 3. The van der Waals surface area contributed by atoms with E-state index in [1.165, 1.54) is 11.8 Å². The summed E-state index contributed by atoms with van der Waals surface area (Å²) < 4.78 is 0. The fraction of sp³-hybridized carbons (Fsp3) is 0.211. The van der Waals surface area contributed by atoms with Gasteiger partial charge in [0.2, 0.25) is 5.91 Å². The van der Waals surface area contributed by atoms with Crippen molar-refractivity contribution in [3.05, 3.63) is 58.1 Å². The third-order valence-electron chi connectivity index (χ3n) is 4.38. The monoisotopic (exact) mass is 418 g/mol. The molecule has 0 saturated heterocycles. The quantitative estimate of drug-likeness (QED) is 0.716. The topological polar surface area (TPSA) is 57.1 Å². The molecule has 0 bridgehead atoms. The number of thioether (sulfide) groups is 1. The summed E-state index contributed by atoms with van der Waals surface area (Å²) in [6.07, 6.45) is 2.72. The fourth-order valence-corrected chi connectivity index (χ4v) is 4.25. The summed E-state index contributed by atoms with van der Waals surface area (Å²) in [6, 6.07) is 13.1. The largest absolute Gasteiger partial charge is 0.324 e. The highest BCUT2D eigenvalue weighted by Gasteiger charge is 2.34. The second-order valence-corrected chi connectivity index (χ2v) is 8.37. The van der Waals surface area contributed by atoms with Gasteiger partial charge in [-0.05, 0) is 31.2 Å². The molecule has 0 aliphatic carbocycles. The molecular weight excluding hydrogens is 403 g/mol. The molecule has 2 heterocycles. The lowest BCUT2D eigenvalue weighted by molar-refractivity contribution is -0.115. The van der Waals surface area contributed by atoms with Gasteiger partial charge in [-0.2, -0.15) is 5.10 Å². The molecule has 1 N–H and O–H groups in total. The minimum absolute atomic E-state index is 0.138. The van der Waals surface area contributed by atoms with Gasteiger partial charge in [0.1, 0.15) is 0 Å². The molecule has 2 atom stereocenters. The van der Waals surface area contributed by atoms with Gasteiger partial charge in [-0.15, -0.1) is 0 Å². The summed E-state index contributed by atoms with van der Waals surface area (Å²) in [6.45, 7) is 1.83. The van der Waals surface area contributed by atoms with Crippen LogP contribution in [0.25, 0.3) is 0 Å². The van der Waals surface area contributed by atoms with Gasteiger partial charge in [-0.1, -0.05) is 53.2 Å². The molecule has 0 fully saturated rings. The first-order chi connectivity index (χ1) is 13.0. The number of carbonyl (C=O) groups is 1. The molecule has 27 heavy (non-hydrogen) atoms. The Morgan fingerprint density at radius 2 is 2.11 bits per heavy atom. The molecule has 138 valence electrons. The van der Waals surface area contributed by atoms with Crippen LogP contribution in [-0.4, -0.2) is 27.5 Å². The number of carbonyl (C=O) groups excluding carboxylic acids is 1. The number of rotatable bonds is 3. The van der Waals surface area contributed by atoms with Crippen LogP contribution in [0.2, 0.25) is 10.0 Å². The van der Waals surface area contributed by atoms with Gasteiger partial charge >= 0.3 is 0 Å². The van der Waals surface area contributed by atoms with Crippen molar-refractivity contribution < 1.29 is 4.79 Å². The van der Waals surface area contributed by atoms with Crippen molar-refractivity contribution in [1.82, 2.24) is 5.01 Å². The highest BCUT2D eigenvalue weighted by atomic mass is 35.5. The van der Waals surface area contributed by atoms with E-state index in [4.69, 9.17) is 28.2 Å². The lowest BCUT2D eigenvalue weighted by atomic mass is 10.0.